The molecule has 6 nitrogen and oxygen atoms in total. The SMILES string of the molecule is CCOC(=O)c1sc(NC2CCN(Cc3ccc(F)cc3)C2=O)nc1C. The number of thiazole rings is 1. The average molecular weight is 377 g/mol. The van der Waals surface area contributed by atoms with E-state index < -0.39 is 5.97 Å². The van der Waals surface area contributed by atoms with Gasteiger partial charge in [0.05, 0.1) is 12.3 Å². The number of ether oxygens (including phenoxy) is 1. The number of amides is 1. The van der Waals surface area contributed by atoms with Crippen molar-refractivity contribution in [3.63, 3.8) is 0 Å². The first kappa shape index (κ1) is 18.3. The number of aromatic nitrogens is 1. The summed E-state index contributed by atoms with van der Waals surface area (Å²) < 4.78 is 18.0. The highest BCUT2D eigenvalue weighted by atomic mass is 32.1. The lowest BCUT2D eigenvalue weighted by Gasteiger charge is -2.17. The maximum atomic E-state index is 13.0. The Morgan fingerprint density at radius 2 is 2.15 bits per heavy atom. The molecular formula is C18H20FN3O3S. The minimum atomic E-state index is -0.397. The molecule has 1 aromatic carbocycles. The molecule has 138 valence electrons. The first-order valence-electron chi connectivity index (χ1n) is 8.42. The van der Waals surface area contributed by atoms with Gasteiger partial charge in [-0.05, 0) is 38.0 Å². The maximum absolute atomic E-state index is 13.0. The Balaban J connectivity index is 1.63. The van der Waals surface area contributed by atoms with E-state index >= 15 is 0 Å². The second-order valence-electron chi connectivity index (χ2n) is 6.03. The van der Waals surface area contributed by atoms with Crippen molar-refractivity contribution in [1.29, 1.82) is 0 Å². The molecule has 2 heterocycles. The van der Waals surface area contributed by atoms with E-state index in [9.17, 15) is 14.0 Å². The van der Waals surface area contributed by atoms with Crippen LogP contribution in [0.3, 0.4) is 0 Å². The van der Waals surface area contributed by atoms with E-state index in [-0.39, 0.29) is 17.8 Å². The zero-order chi connectivity index (χ0) is 18.7. The van der Waals surface area contributed by atoms with E-state index in [0.717, 1.165) is 5.56 Å². The second kappa shape index (κ2) is 7.82. The fourth-order valence-electron chi connectivity index (χ4n) is 2.83. The van der Waals surface area contributed by atoms with Gasteiger partial charge in [0.2, 0.25) is 5.91 Å². The van der Waals surface area contributed by atoms with Crippen LogP contribution in [0.25, 0.3) is 0 Å². The number of carbonyl (C=O) groups is 2. The number of anilines is 1. The fourth-order valence-corrected chi connectivity index (χ4v) is 3.75. The summed E-state index contributed by atoms with van der Waals surface area (Å²) in [5.74, 6) is -0.719. The normalized spacial score (nSPS) is 16.8. The van der Waals surface area contributed by atoms with Gasteiger partial charge in [-0.15, -0.1) is 0 Å². The van der Waals surface area contributed by atoms with Gasteiger partial charge in [0, 0.05) is 13.1 Å². The van der Waals surface area contributed by atoms with Crippen molar-refractivity contribution >= 4 is 28.3 Å². The summed E-state index contributed by atoms with van der Waals surface area (Å²) in [5.41, 5.74) is 1.47. The zero-order valence-electron chi connectivity index (χ0n) is 14.6. The number of halogens is 1. The molecule has 1 aromatic heterocycles. The van der Waals surface area contributed by atoms with Crippen molar-refractivity contribution in [2.24, 2.45) is 0 Å². The molecule has 8 heteroatoms. The van der Waals surface area contributed by atoms with Gasteiger partial charge in [0.1, 0.15) is 16.7 Å². The van der Waals surface area contributed by atoms with Crippen LogP contribution in [0.4, 0.5) is 9.52 Å². The predicted molar refractivity (Wildman–Crippen MR) is 96.7 cm³/mol. The Labute approximate surface area is 155 Å². The van der Waals surface area contributed by atoms with E-state index in [4.69, 9.17) is 4.74 Å². The van der Waals surface area contributed by atoms with Crippen LogP contribution < -0.4 is 5.32 Å². The summed E-state index contributed by atoms with van der Waals surface area (Å²) in [7, 11) is 0. The Morgan fingerprint density at radius 3 is 2.85 bits per heavy atom. The van der Waals surface area contributed by atoms with Crippen molar-refractivity contribution in [1.82, 2.24) is 9.88 Å². The molecule has 1 aliphatic heterocycles. The largest absolute Gasteiger partial charge is 0.462 e. The van der Waals surface area contributed by atoms with E-state index in [1.54, 1.807) is 30.9 Å². The number of esters is 1. The molecule has 1 aliphatic rings. The Morgan fingerprint density at radius 1 is 1.42 bits per heavy atom. The first-order chi connectivity index (χ1) is 12.5. The van der Waals surface area contributed by atoms with E-state index in [1.165, 1.54) is 23.5 Å². The number of hydrogen-bond donors (Lipinski definition) is 1. The molecule has 3 rings (SSSR count). The molecule has 0 spiro atoms. The minimum absolute atomic E-state index is 0.0279. The second-order valence-corrected chi connectivity index (χ2v) is 7.02. The highest BCUT2D eigenvalue weighted by Gasteiger charge is 2.32. The van der Waals surface area contributed by atoms with Gasteiger partial charge in [-0.1, -0.05) is 23.5 Å². The molecule has 1 unspecified atom stereocenters. The summed E-state index contributed by atoms with van der Waals surface area (Å²) in [4.78, 5) is 31.0. The van der Waals surface area contributed by atoms with Crippen LogP contribution in [0, 0.1) is 12.7 Å². The zero-order valence-corrected chi connectivity index (χ0v) is 15.4. The molecule has 1 saturated heterocycles. The van der Waals surface area contributed by atoms with Gasteiger partial charge in [-0.3, -0.25) is 4.79 Å². The van der Waals surface area contributed by atoms with Crippen molar-refractivity contribution in [3.05, 3.63) is 46.2 Å². The Hall–Kier alpha value is -2.48. The number of rotatable bonds is 6. The highest BCUT2D eigenvalue weighted by Crippen LogP contribution is 2.26. The van der Waals surface area contributed by atoms with Crippen molar-refractivity contribution < 1.29 is 18.7 Å². The molecular weight excluding hydrogens is 357 g/mol. The summed E-state index contributed by atoms with van der Waals surface area (Å²) >= 11 is 1.19. The maximum Gasteiger partial charge on any atom is 0.350 e. The van der Waals surface area contributed by atoms with Crippen LogP contribution in [-0.4, -0.2) is 41.0 Å². The molecule has 1 N–H and O–H groups in total. The molecule has 26 heavy (non-hydrogen) atoms. The van der Waals surface area contributed by atoms with Crippen molar-refractivity contribution in [2.75, 3.05) is 18.5 Å². The minimum Gasteiger partial charge on any atom is -0.462 e. The van der Waals surface area contributed by atoms with Crippen LogP contribution >= 0.6 is 11.3 Å². The number of benzene rings is 1. The molecule has 0 aliphatic carbocycles. The van der Waals surface area contributed by atoms with E-state index in [2.05, 4.69) is 10.3 Å². The Kier molecular flexibility index (Phi) is 5.51. The number of likely N-dealkylation sites (tertiary alicyclic amines) is 1. The lowest BCUT2D eigenvalue weighted by atomic mass is 10.2. The molecule has 1 atom stereocenters. The average Bonchev–Trinajstić information content (AvgIpc) is 3.14. The monoisotopic (exact) mass is 377 g/mol. The van der Waals surface area contributed by atoms with Crippen LogP contribution in [0.2, 0.25) is 0 Å². The highest BCUT2D eigenvalue weighted by molar-refractivity contribution is 7.17. The van der Waals surface area contributed by atoms with Crippen LogP contribution in [-0.2, 0) is 16.1 Å². The molecule has 2 aromatic rings. The van der Waals surface area contributed by atoms with Gasteiger partial charge in [0.25, 0.3) is 0 Å². The van der Waals surface area contributed by atoms with E-state index in [0.29, 0.717) is 41.8 Å². The van der Waals surface area contributed by atoms with E-state index in [1.807, 2.05) is 0 Å². The standard InChI is InChI=1S/C18H20FN3O3S/c1-3-25-17(24)15-11(2)20-18(26-15)21-14-8-9-22(16(14)23)10-12-4-6-13(19)7-5-12/h4-7,14H,3,8-10H2,1-2H3,(H,20,21). The topological polar surface area (TPSA) is 71.5 Å². The molecule has 1 amide bonds. The third-order valence-electron chi connectivity index (χ3n) is 4.14. The lowest BCUT2D eigenvalue weighted by Crippen LogP contribution is -2.33. The summed E-state index contributed by atoms with van der Waals surface area (Å²) in [5, 5.41) is 3.66. The quantitative estimate of drug-likeness (QED) is 0.784. The predicted octanol–water partition coefficient (Wildman–Crippen LogP) is 2.98. The third-order valence-corrected chi connectivity index (χ3v) is 5.21. The lowest BCUT2D eigenvalue weighted by molar-refractivity contribution is -0.128. The van der Waals surface area contributed by atoms with Gasteiger partial charge >= 0.3 is 5.97 Å². The van der Waals surface area contributed by atoms with Crippen LogP contribution in [0.1, 0.15) is 34.3 Å². The Bertz CT molecular complexity index is 807. The summed E-state index contributed by atoms with van der Waals surface area (Å²) in [6.45, 7) is 4.86. The number of carbonyl (C=O) groups excluding carboxylic acids is 2. The third kappa shape index (κ3) is 4.01. The molecule has 0 radical (unpaired) electrons. The number of aryl methyl sites for hydroxylation is 1. The molecule has 1 fully saturated rings. The molecule has 0 bridgehead atoms. The van der Waals surface area contributed by atoms with Crippen LogP contribution in [0.5, 0.6) is 0 Å². The number of nitrogens with one attached hydrogen (secondary N) is 1. The first-order valence-corrected chi connectivity index (χ1v) is 9.24. The fraction of sp³-hybridized carbons (Fsp3) is 0.389. The number of hydrogen-bond acceptors (Lipinski definition) is 6. The van der Waals surface area contributed by atoms with Gasteiger partial charge < -0.3 is 15.0 Å². The van der Waals surface area contributed by atoms with Gasteiger partial charge in [-0.25, -0.2) is 14.2 Å². The summed E-state index contributed by atoms with van der Waals surface area (Å²) in [6.07, 6.45) is 0.646. The van der Waals surface area contributed by atoms with Crippen LogP contribution in [0.15, 0.2) is 24.3 Å². The van der Waals surface area contributed by atoms with Gasteiger partial charge in [0.15, 0.2) is 5.13 Å². The van der Waals surface area contributed by atoms with Crippen molar-refractivity contribution in [2.45, 2.75) is 32.9 Å². The smallest absolute Gasteiger partial charge is 0.350 e. The van der Waals surface area contributed by atoms with Gasteiger partial charge in [-0.2, -0.15) is 0 Å². The summed E-state index contributed by atoms with van der Waals surface area (Å²) in [6, 6.07) is 5.76. The van der Waals surface area contributed by atoms with Crippen molar-refractivity contribution in [3.8, 4) is 0 Å². The molecule has 0 saturated carbocycles. The number of nitrogens with zero attached hydrogens (tertiary/aromatic N) is 2.